The number of ether oxygens (including phenoxy) is 2. The van der Waals surface area contributed by atoms with Crippen LogP contribution in [0.15, 0.2) is 30.3 Å². The fourth-order valence-corrected chi connectivity index (χ4v) is 2.42. The van der Waals surface area contributed by atoms with E-state index in [2.05, 4.69) is 6.92 Å². The molecule has 1 aliphatic rings. The number of hydrogen-bond donors (Lipinski definition) is 1. The molecular formula is C15H23NO2. The Hall–Kier alpha value is -1.06. The normalized spacial score (nSPS) is 28.0. The van der Waals surface area contributed by atoms with Crippen molar-refractivity contribution in [1.82, 2.24) is 0 Å². The van der Waals surface area contributed by atoms with Crippen LogP contribution >= 0.6 is 0 Å². The summed E-state index contributed by atoms with van der Waals surface area (Å²) >= 11 is 0. The molecule has 3 heteroatoms. The van der Waals surface area contributed by atoms with E-state index in [0.29, 0.717) is 13.2 Å². The molecule has 100 valence electrons. The predicted octanol–water partition coefficient (Wildman–Crippen LogP) is 2.60. The fraction of sp³-hybridized carbons (Fsp3) is 0.600. The van der Waals surface area contributed by atoms with E-state index in [0.717, 1.165) is 24.5 Å². The second-order valence-corrected chi connectivity index (χ2v) is 5.15. The van der Waals surface area contributed by atoms with Gasteiger partial charge in [0.05, 0.1) is 12.7 Å². The zero-order chi connectivity index (χ0) is 12.8. The molecule has 0 aromatic heterocycles. The van der Waals surface area contributed by atoms with Crippen molar-refractivity contribution in [3.8, 4) is 5.75 Å². The van der Waals surface area contributed by atoms with Crippen LogP contribution in [0, 0.1) is 5.92 Å². The molecule has 0 radical (unpaired) electrons. The lowest BCUT2D eigenvalue weighted by Crippen LogP contribution is -2.42. The van der Waals surface area contributed by atoms with Gasteiger partial charge < -0.3 is 15.2 Å². The minimum Gasteiger partial charge on any atom is -0.491 e. The maximum absolute atomic E-state index is 6.07. The molecule has 0 spiro atoms. The van der Waals surface area contributed by atoms with Crippen molar-refractivity contribution in [2.75, 3.05) is 13.2 Å². The Kier molecular flexibility index (Phi) is 5.02. The van der Waals surface area contributed by atoms with Crippen LogP contribution in [-0.4, -0.2) is 25.4 Å². The van der Waals surface area contributed by atoms with Crippen molar-refractivity contribution < 1.29 is 9.47 Å². The van der Waals surface area contributed by atoms with Crippen LogP contribution in [0.25, 0.3) is 0 Å². The highest BCUT2D eigenvalue weighted by atomic mass is 16.5. The van der Waals surface area contributed by atoms with Gasteiger partial charge >= 0.3 is 0 Å². The van der Waals surface area contributed by atoms with Gasteiger partial charge in [0.25, 0.3) is 0 Å². The maximum atomic E-state index is 6.07. The lowest BCUT2D eigenvalue weighted by Gasteiger charge is -2.32. The van der Waals surface area contributed by atoms with Gasteiger partial charge in [-0.3, -0.25) is 0 Å². The molecule has 1 saturated carbocycles. The van der Waals surface area contributed by atoms with Crippen molar-refractivity contribution >= 4 is 0 Å². The number of hydrogen-bond acceptors (Lipinski definition) is 3. The molecule has 0 heterocycles. The van der Waals surface area contributed by atoms with Gasteiger partial charge in [-0.05, 0) is 37.3 Å². The third kappa shape index (κ3) is 4.00. The highest BCUT2D eigenvalue weighted by Gasteiger charge is 2.26. The van der Waals surface area contributed by atoms with Gasteiger partial charge in [-0.15, -0.1) is 0 Å². The van der Waals surface area contributed by atoms with Gasteiger partial charge in [0.2, 0.25) is 0 Å². The van der Waals surface area contributed by atoms with Gasteiger partial charge in [-0.2, -0.15) is 0 Å². The van der Waals surface area contributed by atoms with E-state index in [9.17, 15) is 0 Å². The number of rotatable bonds is 5. The average Bonchev–Trinajstić information content (AvgIpc) is 2.40. The monoisotopic (exact) mass is 249 g/mol. The van der Waals surface area contributed by atoms with Crippen LogP contribution in [0.5, 0.6) is 5.75 Å². The zero-order valence-corrected chi connectivity index (χ0v) is 11.0. The summed E-state index contributed by atoms with van der Waals surface area (Å²) in [5, 5.41) is 0. The summed E-state index contributed by atoms with van der Waals surface area (Å²) in [7, 11) is 0. The molecular weight excluding hydrogens is 226 g/mol. The summed E-state index contributed by atoms with van der Waals surface area (Å²) in [6, 6.07) is 10.0. The summed E-state index contributed by atoms with van der Waals surface area (Å²) < 4.78 is 11.4. The largest absolute Gasteiger partial charge is 0.491 e. The molecule has 1 aromatic carbocycles. The van der Waals surface area contributed by atoms with Crippen LogP contribution in [0.1, 0.15) is 26.2 Å². The molecule has 2 rings (SSSR count). The molecule has 1 fully saturated rings. The Labute approximate surface area is 109 Å². The zero-order valence-electron chi connectivity index (χ0n) is 11.0. The summed E-state index contributed by atoms with van der Waals surface area (Å²) in [6.07, 6.45) is 3.58. The molecule has 0 bridgehead atoms. The molecule has 0 saturated heterocycles. The number of nitrogens with two attached hydrogens (primary N) is 1. The van der Waals surface area contributed by atoms with Crippen molar-refractivity contribution in [2.24, 2.45) is 11.7 Å². The minimum absolute atomic E-state index is 0.193. The van der Waals surface area contributed by atoms with Crippen molar-refractivity contribution in [1.29, 1.82) is 0 Å². The van der Waals surface area contributed by atoms with Gasteiger partial charge in [0.15, 0.2) is 0 Å². The molecule has 0 amide bonds. The van der Waals surface area contributed by atoms with Crippen LogP contribution in [0.4, 0.5) is 0 Å². The Morgan fingerprint density at radius 3 is 2.72 bits per heavy atom. The number of benzene rings is 1. The van der Waals surface area contributed by atoms with Gasteiger partial charge in [0, 0.05) is 6.04 Å². The van der Waals surface area contributed by atoms with Crippen LogP contribution < -0.4 is 10.5 Å². The van der Waals surface area contributed by atoms with E-state index in [1.807, 2.05) is 30.3 Å². The first kappa shape index (κ1) is 13.4. The molecule has 1 aromatic rings. The lowest BCUT2D eigenvalue weighted by molar-refractivity contribution is -0.00980. The first-order valence-electron chi connectivity index (χ1n) is 6.80. The molecule has 18 heavy (non-hydrogen) atoms. The summed E-state index contributed by atoms with van der Waals surface area (Å²) in [6.45, 7) is 3.46. The first-order valence-corrected chi connectivity index (χ1v) is 6.80. The van der Waals surface area contributed by atoms with Gasteiger partial charge in [-0.1, -0.05) is 25.1 Å². The molecule has 0 aliphatic heterocycles. The predicted molar refractivity (Wildman–Crippen MR) is 72.7 cm³/mol. The molecule has 3 unspecified atom stereocenters. The SMILES string of the molecule is CC1CCC(N)C(OCCOc2ccccc2)C1. The summed E-state index contributed by atoms with van der Waals surface area (Å²) in [5.74, 6) is 1.62. The highest BCUT2D eigenvalue weighted by molar-refractivity contribution is 5.20. The van der Waals surface area contributed by atoms with Crippen LogP contribution in [0.2, 0.25) is 0 Å². The van der Waals surface area contributed by atoms with Gasteiger partial charge in [-0.25, -0.2) is 0 Å². The standard InChI is InChI=1S/C15H23NO2/c1-12-7-8-14(16)15(11-12)18-10-9-17-13-5-3-2-4-6-13/h2-6,12,14-15H,7-11,16H2,1H3. The average molecular weight is 249 g/mol. The first-order chi connectivity index (χ1) is 8.75. The number of para-hydroxylation sites is 1. The van der Waals surface area contributed by atoms with Crippen molar-refractivity contribution in [3.63, 3.8) is 0 Å². The van der Waals surface area contributed by atoms with Crippen molar-refractivity contribution in [3.05, 3.63) is 30.3 Å². The summed E-state index contributed by atoms with van der Waals surface area (Å²) in [5.41, 5.74) is 6.07. The van der Waals surface area contributed by atoms with E-state index in [1.165, 1.54) is 6.42 Å². The van der Waals surface area contributed by atoms with E-state index < -0.39 is 0 Å². The lowest BCUT2D eigenvalue weighted by atomic mass is 9.85. The smallest absolute Gasteiger partial charge is 0.119 e. The maximum Gasteiger partial charge on any atom is 0.119 e. The molecule has 1 aliphatic carbocycles. The second kappa shape index (κ2) is 6.76. The van der Waals surface area contributed by atoms with Crippen LogP contribution in [-0.2, 0) is 4.74 Å². The van der Waals surface area contributed by atoms with Crippen molar-refractivity contribution in [2.45, 2.75) is 38.3 Å². The second-order valence-electron chi connectivity index (χ2n) is 5.15. The van der Waals surface area contributed by atoms with E-state index in [1.54, 1.807) is 0 Å². The van der Waals surface area contributed by atoms with E-state index in [-0.39, 0.29) is 12.1 Å². The van der Waals surface area contributed by atoms with Crippen LogP contribution in [0.3, 0.4) is 0 Å². The third-order valence-corrected chi connectivity index (χ3v) is 3.53. The molecule has 3 atom stereocenters. The molecule has 2 N–H and O–H groups in total. The third-order valence-electron chi connectivity index (χ3n) is 3.53. The Morgan fingerprint density at radius 2 is 1.94 bits per heavy atom. The Morgan fingerprint density at radius 1 is 1.17 bits per heavy atom. The summed E-state index contributed by atoms with van der Waals surface area (Å²) in [4.78, 5) is 0. The Balaban J connectivity index is 1.66. The quantitative estimate of drug-likeness (QED) is 0.816. The van der Waals surface area contributed by atoms with E-state index >= 15 is 0 Å². The fourth-order valence-electron chi connectivity index (χ4n) is 2.42. The molecule has 3 nitrogen and oxygen atoms in total. The Bertz CT molecular complexity index is 342. The van der Waals surface area contributed by atoms with E-state index in [4.69, 9.17) is 15.2 Å². The topological polar surface area (TPSA) is 44.5 Å². The highest BCUT2D eigenvalue weighted by Crippen LogP contribution is 2.25. The van der Waals surface area contributed by atoms with Gasteiger partial charge in [0.1, 0.15) is 12.4 Å². The minimum atomic E-state index is 0.193.